The standard InChI is InChI=1S/C16H22Cl2N2O2/c1-11(21)12-4-3-9-20(10-12)16(22)19-8-7-13-14(17)5-2-6-15(13)18/h2,5-6,11-12,21H,3-4,7-10H2,1H3,(H,19,22). The van der Waals surface area contributed by atoms with E-state index in [4.69, 9.17) is 23.2 Å². The first-order valence-corrected chi connectivity index (χ1v) is 8.38. The summed E-state index contributed by atoms with van der Waals surface area (Å²) in [7, 11) is 0. The Balaban J connectivity index is 1.83. The first-order valence-electron chi connectivity index (χ1n) is 7.62. The van der Waals surface area contributed by atoms with Crippen LogP contribution in [0.5, 0.6) is 0 Å². The SMILES string of the molecule is CC(O)C1CCCN(C(=O)NCCc2c(Cl)cccc2Cl)C1. The molecule has 2 amide bonds. The number of carbonyl (C=O) groups excluding carboxylic acids is 1. The van der Waals surface area contributed by atoms with Crippen molar-refractivity contribution in [2.45, 2.75) is 32.3 Å². The van der Waals surface area contributed by atoms with Gasteiger partial charge in [-0.15, -0.1) is 0 Å². The highest BCUT2D eigenvalue weighted by Crippen LogP contribution is 2.24. The quantitative estimate of drug-likeness (QED) is 0.879. The molecule has 0 saturated carbocycles. The van der Waals surface area contributed by atoms with Crippen molar-refractivity contribution in [3.63, 3.8) is 0 Å². The predicted octanol–water partition coefficient (Wildman–Crippen LogP) is 3.34. The van der Waals surface area contributed by atoms with Crippen LogP contribution in [0.3, 0.4) is 0 Å². The summed E-state index contributed by atoms with van der Waals surface area (Å²) in [5.41, 5.74) is 0.853. The Hall–Kier alpha value is -0.970. The van der Waals surface area contributed by atoms with Gasteiger partial charge < -0.3 is 15.3 Å². The summed E-state index contributed by atoms with van der Waals surface area (Å²) in [6, 6.07) is 5.30. The summed E-state index contributed by atoms with van der Waals surface area (Å²) in [6.45, 7) is 3.61. The molecule has 0 radical (unpaired) electrons. The van der Waals surface area contributed by atoms with Gasteiger partial charge in [0.2, 0.25) is 0 Å². The number of nitrogens with zero attached hydrogens (tertiary/aromatic N) is 1. The summed E-state index contributed by atoms with van der Waals surface area (Å²) < 4.78 is 0. The zero-order chi connectivity index (χ0) is 16.1. The van der Waals surface area contributed by atoms with Gasteiger partial charge in [-0.25, -0.2) is 4.79 Å². The van der Waals surface area contributed by atoms with Gasteiger partial charge in [-0.3, -0.25) is 0 Å². The summed E-state index contributed by atoms with van der Waals surface area (Å²) in [5.74, 6) is 0.164. The molecular weight excluding hydrogens is 323 g/mol. The number of carbonyl (C=O) groups is 1. The van der Waals surface area contributed by atoms with Gasteiger partial charge in [-0.05, 0) is 43.9 Å². The first-order chi connectivity index (χ1) is 10.5. The number of piperidine rings is 1. The molecule has 1 aliphatic heterocycles. The molecule has 122 valence electrons. The maximum atomic E-state index is 12.2. The van der Waals surface area contributed by atoms with Gasteiger partial charge in [0.05, 0.1) is 6.10 Å². The molecule has 1 heterocycles. The zero-order valence-corrected chi connectivity index (χ0v) is 14.2. The molecule has 0 bridgehead atoms. The zero-order valence-electron chi connectivity index (χ0n) is 12.7. The second-order valence-electron chi connectivity index (χ2n) is 5.77. The Labute approximate surface area is 141 Å². The van der Waals surface area contributed by atoms with Crippen LogP contribution in [0.4, 0.5) is 4.79 Å². The minimum absolute atomic E-state index is 0.0893. The number of benzene rings is 1. The van der Waals surface area contributed by atoms with Gasteiger partial charge in [-0.1, -0.05) is 29.3 Å². The number of amides is 2. The summed E-state index contributed by atoms with van der Waals surface area (Å²) >= 11 is 12.2. The monoisotopic (exact) mass is 344 g/mol. The number of hydrogen-bond donors (Lipinski definition) is 2. The van der Waals surface area contributed by atoms with E-state index in [-0.39, 0.29) is 18.1 Å². The van der Waals surface area contributed by atoms with Crippen LogP contribution in [-0.2, 0) is 6.42 Å². The van der Waals surface area contributed by atoms with Crippen LogP contribution < -0.4 is 5.32 Å². The third kappa shape index (κ3) is 4.51. The van der Waals surface area contributed by atoms with Crippen molar-refractivity contribution in [1.29, 1.82) is 0 Å². The van der Waals surface area contributed by atoms with Crippen LogP contribution in [0.1, 0.15) is 25.3 Å². The predicted molar refractivity (Wildman–Crippen MR) is 89.5 cm³/mol. The van der Waals surface area contributed by atoms with Gasteiger partial charge >= 0.3 is 6.03 Å². The minimum Gasteiger partial charge on any atom is -0.393 e. The number of urea groups is 1. The lowest BCUT2D eigenvalue weighted by atomic mass is 9.94. The number of aliphatic hydroxyl groups is 1. The van der Waals surface area contributed by atoms with Crippen molar-refractivity contribution in [3.05, 3.63) is 33.8 Å². The van der Waals surface area contributed by atoms with Crippen molar-refractivity contribution >= 4 is 29.2 Å². The van der Waals surface area contributed by atoms with Gasteiger partial charge in [0.1, 0.15) is 0 Å². The second kappa shape index (κ2) is 8.04. The minimum atomic E-state index is -0.377. The Morgan fingerprint density at radius 3 is 2.77 bits per heavy atom. The van der Waals surface area contributed by atoms with Gasteiger partial charge in [0, 0.05) is 35.6 Å². The van der Waals surface area contributed by atoms with Crippen LogP contribution in [0.15, 0.2) is 18.2 Å². The molecule has 2 atom stereocenters. The van der Waals surface area contributed by atoms with Crippen molar-refractivity contribution in [2.75, 3.05) is 19.6 Å². The first kappa shape index (κ1) is 17.4. The Kier molecular flexibility index (Phi) is 6.36. The van der Waals surface area contributed by atoms with Crippen LogP contribution in [0.25, 0.3) is 0 Å². The van der Waals surface area contributed by atoms with Gasteiger partial charge in [-0.2, -0.15) is 0 Å². The van der Waals surface area contributed by atoms with Gasteiger partial charge in [0.25, 0.3) is 0 Å². The van der Waals surface area contributed by atoms with Crippen LogP contribution in [0.2, 0.25) is 10.0 Å². The number of halogens is 2. The highest BCUT2D eigenvalue weighted by molar-refractivity contribution is 6.35. The fourth-order valence-electron chi connectivity index (χ4n) is 2.77. The molecule has 1 aromatic rings. The van der Waals surface area contributed by atoms with E-state index in [1.54, 1.807) is 30.0 Å². The molecule has 1 fully saturated rings. The Morgan fingerprint density at radius 1 is 1.45 bits per heavy atom. The Bertz CT molecular complexity index is 503. The smallest absolute Gasteiger partial charge is 0.317 e. The fourth-order valence-corrected chi connectivity index (χ4v) is 3.35. The van der Waals surface area contributed by atoms with Crippen molar-refractivity contribution in [2.24, 2.45) is 5.92 Å². The molecule has 6 heteroatoms. The molecular formula is C16H22Cl2N2O2. The topological polar surface area (TPSA) is 52.6 Å². The van der Waals surface area contributed by atoms with E-state index >= 15 is 0 Å². The Morgan fingerprint density at radius 2 is 2.14 bits per heavy atom. The van der Waals surface area contributed by atoms with Crippen LogP contribution in [-0.4, -0.2) is 41.8 Å². The molecule has 0 aromatic heterocycles. The average Bonchev–Trinajstić information content (AvgIpc) is 2.50. The van der Waals surface area contributed by atoms with E-state index in [1.165, 1.54) is 0 Å². The van der Waals surface area contributed by atoms with E-state index in [1.807, 2.05) is 0 Å². The molecule has 1 saturated heterocycles. The molecule has 4 nitrogen and oxygen atoms in total. The van der Waals surface area contributed by atoms with E-state index in [2.05, 4.69) is 5.32 Å². The molecule has 0 spiro atoms. The number of nitrogens with one attached hydrogen (secondary N) is 1. The van der Waals surface area contributed by atoms with Gasteiger partial charge in [0.15, 0.2) is 0 Å². The molecule has 2 unspecified atom stereocenters. The molecule has 2 rings (SSSR count). The van der Waals surface area contributed by atoms with E-state index in [9.17, 15) is 9.90 Å². The number of likely N-dealkylation sites (tertiary alicyclic amines) is 1. The van der Waals surface area contributed by atoms with Crippen molar-refractivity contribution in [1.82, 2.24) is 10.2 Å². The average molecular weight is 345 g/mol. The molecule has 22 heavy (non-hydrogen) atoms. The summed E-state index contributed by atoms with van der Waals surface area (Å²) in [6.07, 6.45) is 2.12. The molecule has 1 aromatic carbocycles. The third-order valence-electron chi connectivity index (χ3n) is 4.14. The number of aliphatic hydroxyl groups excluding tert-OH is 1. The van der Waals surface area contributed by atoms with Crippen LogP contribution >= 0.6 is 23.2 Å². The maximum absolute atomic E-state index is 12.2. The normalized spacial score (nSPS) is 19.8. The third-order valence-corrected chi connectivity index (χ3v) is 4.85. The maximum Gasteiger partial charge on any atom is 0.317 e. The summed E-state index contributed by atoms with van der Waals surface area (Å²) in [4.78, 5) is 14.0. The number of rotatable bonds is 4. The fraction of sp³-hybridized carbons (Fsp3) is 0.562. The lowest BCUT2D eigenvalue weighted by Gasteiger charge is -2.34. The molecule has 1 aliphatic rings. The molecule has 0 aliphatic carbocycles. The largest absolute Gasteiger partial charge is 0.393 e. The van der Waals surface area contributed by atoms with Crippen molar-refractivity contribution in [3.8, 4) is 0 Å². The second-order valence-corrected chi connectivity index (χ2v) is 6.59. The molecule has 2 N–H and O–H groups in total. The lowest BCUT2D eigenvalue weighted by molar-refractivity contribution is 0.0740. The highest BCUT2D eigenvalue weighted by Gasteiger charge is 2.26. The lowest BCUT2D eigenvalue weighted by Crippen LogP contribution is -2.47. The number of hydrogen-bond acceptors (Lipinski definition) is 2. The van der Waals surface area contributed by atoms with E-state index < -0.39 is 0 Å². The van der Waals surface area contributed by atoms with Crippen LogP contribution in [0, 0.1) is 5.92 Å². The van der Waals surface area contributed by atoms with Crippen molar-refractivity contribution < 1.29 is 9.90 Å². The van der Waals surface area contributed by atoms with E-state index in [0.717, 1.165) is 24.9 Å². The summed E-state index contributed by atoms with van der Waals surface area (Å²) in [5, 5.41) is 13.8. The van der Waals surface area contributed by atoms with E-state index in [0.29, 0.717) is 29.6 Å². The highest BCUT2D eigenvalue weighted by atomic mass is 35.5.